The molecule has 0 amide bonds. The monoisotopic (exact) mass is 284 g/mol. The molecule has 1 atom stereocenters. The van der Waals surface area contributed by atoms with Crippen molar-refractivity contribution < 1.29 is 4.74 Å². The Morgan fingerprint density at radius 2 is 1.86 bits per heavy atom. The maximum atomic E-state index is 5.87. The molecule has 2 aromatic carbocycles. The van der Waals surface area contributed by atoms with Gasteiger partial charge in [-0.05, 0) is 37.5 Å². The van der Waals surface area contributed by atoms with Crippen LogP contribution in [0, 0.1) is 13.8 Å². The smallest absolute Gasteiger partial charge is 0.124 e. The molecule has 2 rings (SSSR count). The van der Waals surface area contributed by atoms with Crippen molar-refractivity contribution >= 4 is 0 Å². The van der Waals surface area contributed by atoms with Crippen LogP contribution in [0.1, 0.15) is 41.6 Å². The Bertz CT molecular complexity index is 596. The van der Waals surface area contributed by atoms with Crippen LogP contribution in [-0.2, 0) is 0 Å². The summed E-state index contributed by atoms with van der Waals surface area (Å²) in [7, 11) is 0. The summed E-state index contributed by atoms with van der Waals surface area (Å²) in [5.41, 5.74) is 7.64. The predicted octanol–water partition coefficient (Wildman–Crippen LogP) is 3.64. The molecule has 0 saturated heterocycles. The zero-order valence-electron chi connectivity index (χ0n) is 13.0. The van der Waals surface area contributed by atoms with E-state index in [0.29, 0.717) is 6.61 Å². The Balaban J connectivity index is 2.44. The molecule has 112 valence electrons. The second kappa shape index (κ2) is 7.25. The molecule has 0 aromatic heterocycles. The highest BCUT2D eigenvalue weighted by molar-refractivity contribution is 5.44. The van der Waals surface area contributed by atoms with Crippen molar-refractivity contribution in [3.63, 3.8) is 0 Å². The lowest BCUT2D eigenvalue weighted by atomic mass is 9.93. The maximum absolute atomic E-state index is 5.87. The minimum absolute atomic E-state index is 0.0713. The van der Waals surface area contributed by atoms with Gasteiger partial charge in [0, 0.05) is 5.56 Å². The first-order valence-corrected chi connectivity index (χ1v) is 7.42. The first-order chi connectivity index (χ1) is 10.2. The number of aryl methyl sites for hydroxylation is 2. The van der Waals surface area contributed by atoms with Crippen LogP contribution < -0.4 is 16.0 Å². The van der Waals surface area contributed by atoms with Crippen LogP contribution in [-0.4, -0.2) is 6.61 Å². The molecule has 21 heavy (non-hydrogen) atoms. The van der Waals surface area contributed by atoms with Gasteiger partial charge in [-0.2, -0.15) is 0 Å². The summed E-state index contributed by atoms with van der Waals surface area (Å²) in [6, 6.07) is 14.4. The van der Waals surface area contributed by atoms with Crippen molar-refractivity contribution in [3.05, 3.63) is 64.7 Å². The average Bonchev–Trinajstić information content (AvgIpc) is 2.50. The zero-order chi connectivity index (χ0) is 15.2. The van der Waals surface area contributed by atoms with Gasteiger partial charge in [0.2, 0.25) is 0 Å². The van der Waals surface area contributed by atoms with Gasteiger partial charge >= 0.3 is 0 Å². The van der Waals surface area contributed by atoms with Gasteiger partial charge in [0.25, 0.3) is 0 Å². The fourth-order valence-corrected chi connectivity index (χ4v) is 2.48. The molecule has 0 aliphatic rings. The van der Waals surface area contributed by atoms with E-state index in [0.717, 1.165) is 17.7 Å². The maximum Gasteiger partial charge on any atom is 0.124 e. The average molecular weight is 284 g/mol. The van der Waals surface area contributed by atoms with E-state index in [4.69, 9.17) is 10.6 Å². The van der Waals surface area contributed by atoms with E-state index in [2.05, 4.69) is 50.5 Å². The third-order valence-corrected chi connectivity index (χ3v) is 3.60. The predicted molar refractivity (Wildman–Crippen MR) is 87.3 cm³/mol. The van der Waals surface area contributed by atoms with Gasteiger partial charge in [0.15, 0.2) is 0 Å². The number of para-hydroxylation sites is 1. The zero-order valence-corrected chi connectivity index (χ0v) is 13.0. The van der Waals surface area contributed by atoms with Gasteiger partial charge in [-0.3, -0.25) is 5.84 Å². The third-order valence-electron chi connectivity index (χ3n) is 3.60. The van der Waals surface area contributed by atoms with Crippen molar-refractivity contribution in [1.82, 2.24) is 5.43 Å². The number of nitrogens with two attached hydrogens (primary N) is 1. The molecule has 0 heterocycles. The van der Waals surface area contributed by atoms with E-state index < -0.39 is 0 Å². The largest absolute Gasteiger partial charge is 0.493 e. The first-order valence-electron chi connectivity index (χ1n) is 7.42. The highest BCUT2D eigenvalue weighted by Gasteiger charge is 2.18. The fourth-order valence-electron chi connectivity index (χ4n) is 2.48. The van der Waals surface area contributed by atoms with Crippen LogP contribution in [0.5, 0.6) is 5.75 Å². The van der Waals surface area contributed by atoms with Crippen molar-refractivity contribution in [3.8, 4) is 5.75 Å². The van der Waals surface area contributed by atoms with Crippen LogP contribution in [0.25, 0.3) is 0 Å². The highest BCUT2D eigenvalue weighted by atomic mass is 16.5. The molecule has 1 unspecified atom stereocenters. The minimum Gasteiger partial charge on any atom is -0.493 e. The van der Waals surface area contributed by atoms with E-state index in [-0.39, 0.29) is 6.04 Å². The standard InChI is InChI=1S/C18H24N2O/c1-4-11-21-17-8-6-5-7-15(17)18(20-19)16-12-13(2)9-10-14(16)3/h5-10,12,18,20H,4,11,19H2,1-3H3. The normalized spacial score (nSPS) is 12.2. The Morgan fingerprint density at radius 3 is 2.57 bits per heavy atom. The van der Waals surface area contributed by atoms with Crippen molar-refractivity contribution in [2.24, 2.45) is 5.84 Å². The van der Waals surface area contributed by atoms with E-state index in [1.54, 1.807) is 0 Å². The summed E-state index contributed by atoms with van der Waals surface area (Å²) in [5.74, 6) is 6.74. The van der Waals surface area contributed by atoms with Crippen molar-refractivity contribution in [1.29, 1.82) is 0 Å². The van der Waals surface area contributed by atoms with Gasteiger partial charge in [-0.1, -0.05) is 48.9 Å². The number of nitrogens with one attached hydrogen (secondary N) is 1. The molecule has 0 bridgehead atoms. The molecule has 0 saturated carbocycles. The van der Waals surface area contributed by atoms with E-state index in [1.807, 2.05) is 18.2 Å². The molecule has 0 spiro atoms. The minimum atomic E-state index is -0.0713. The Labute approximate surface area is 127 Å². The van der Waals surface area contributed by atoms with Gasteiger partial charge < -0.3 is 4.74 Å². The number of hydrogen-bond acceptors (Lipinski definition) is 3. The molecular weight excluding hydrogens is 260 g/mol. The summed E-state index contributed by atoms with van der Waals surface area (Å²) in [5, 5.41) is 0. The number of hydrogen-bond donors (Lipinski definition) is 2. The summed E-state index contributed by atoms with van der Waals surface area (Å²) in [6.45, 7) is 7.01. The van der Waals surface area contributed by atoms with E-state index in [9.17, 15) is 0 Å². The molecule has 3 heteroatoms. The summed E-state index contributed by atoms with van der Waals surface area (Å²) < 4.78 is 5.87. The first kappa shape index (κ1) is 15.5. The van der Waals surface area contributed by atoms with Crippen LogP contribution in [0.2, 0.25) is 0 Å². The summed E-state index contributed by atoms with van der Waals surface area (Å²) in [4.78, 5) is 0. The lowest BCUT2D eigenvalue weighted by molar-refractivity contribution is 0.311. The lowest BCUT2D eigenvalue weighted by Gasteiger charge is -2.22. The van der Waals surface area contributed by atoms with Crippen molar-refractivity contribution in [2.75, 3.05) is 6.61 Å². The second-order valence-electron chi connectivity index (χ2n) is 5.35. The van der Waals surface area contributed by atoms with E-state index >= 15 is 0 Å². The van der Waals surface area contributed by atoms with Gasteiger partial charge in [-0.15, -0.1) is 0 Å². The Morgan fingerprint density at radius 1 is 1.10 bits per heavy atom. The number of hydrazine groups is 1. The van der Waals surface area contributed by atoms with Gasteiger partial charge in [0.1, 0.15) is 5.75 Å². The summed E-state index contributed by atoms with van der Waals surface area (Å²) >= 11 is 0. The third kappa shape index (κ3) is 3.63. The number of ether oxygens (including phenoxy) is 1. The molecule has 0 fully saturated rings. The summed E-state index contributed by atoms with van der Waals surface area (Å²) in [6.07, 6.45) is 0.985. The fraction of sp³-hybridized carbons (Fsp3) is 0.333. The van der Waals surface area contributed by atoms with Gasteiger partial charge in [-0.25, -0.2) is 5.43 Å². The SMILES string of the molecule is CCCOc1ccccc1C(NN)c1cc(C)ccc1C. The molecule has 2 aromatic rings. The van der Waals surface area contributed by atoms with Crippen molar-refractivity contribution in [2.45, 2.75) is 33.2 Å². The number of benzene rings is 2. The Hall–Kier alpha value is -1.84. The Kier molecular flexibility index (Phi) is 5.37. The molecular formula is C18H24N2O. The molecule has 3 nitrogen and oxygen atoms in total. The van der Waals surface area contributed by atoms with Crippen LogP contribution in [0.4, 0.5) is 0 Å². The second-order valence-corrected chi connectivity index (χ2v) is 5.35. The molecule has 0 aliphatic heterocycles. The number of rotatable bonds is 6. The van der Waals surface area contributed by atoms with Crippen LogP contribution in [0.3, 0.4) is 0 Å². The lowest BCUT2D eigenvalue weighted by Crippen LogP contribution is -2.29. The van der Waals surface area contributed by atoms with Crippen LogP contribution in [0.15, 0.2) is 42.5 Å². The molecule has 0 aliphatic carbocycles. The van der Waals surface area contributed by atoms with Crippen LogP contribution >= 0.6 is 0 Å². The topological polar surface area (TPSA) is 47.3 Å². The quantitative estimate of drug-likeness (QED) is 0.629. The molecule has 3 N–H and O–H groups in total. The molecule has 0 radical (unpaired) electrons. The highest BCUT2D eigenvalue weighted by Crippen LogP contribution is 2.31. The van der Waals surface area contributed by atoms with Gasteiger partial charge in [0.05, 0.1) is 12.6 Å². The van der Waals surface area contributed by atoms with E-state index in [1.165, 1.54) is 16.7 Å².